The van der Waals surface area contributed by atoms with Gasteiger partial charge in [-0.25, -0.2) is 8.42 Å². The molecule has 154 valence electrons. The van der Waals surface area contributed by atoms with E-state index in [0.29, 0.717) is 23.4 Å². The summed E-state index contributed by atoms with van der Waals surface area (Å²) in [4.78, 5) is 12.7. The van der Waals surface area contributed by atoms with Gasteiger partial charge in [-0.1, -0.05) is 23.8 Å². The third-order valence-corrected chi connectivity index (χ3v) is 6.60. The molecule has 0 spiro atoms. The number of aryl methyl sites for hydroxylation is 3. The minimum absolute atomic E-state index is 0.112. The molecule has 0 saturated heterocycles. The van der Waals surface area contributed by atoms with E-state index in [0.717, 1.165) is 30.4 Å². The number of benzene rings is 2. The predicted molar refractivity (Wildman–Crippen MR) is 117 cm³/mol. The predicted octanol–water partition coefficient (Wildman–Crippen LogP) is 4.64. The van der Waals surface area contributed by atoms with Crippen molar-refractivity contribution in [3.63, 3.8) is 0 Å². The lowest BCUT2D eigenvalue weighted by molar-refractivity contribution is 0.0956. The normalized spacial score (nSPS) is 14.2. The molecule has 0 heterocycles. The van der Waals surface area contributed by atoms with E-state index in [1.54, 1.807) is 31.2 Å². The van der Waals surface area contributed by atoms with Gasteiger partial charge in [0.1, 0.15) is 0 Å². The SMILES string of the molecule is Cc1cc(C)cc(NS(=O)(=O)c2cc(C(=O)NCC3=CCCCC3)ccc2C)c1. The van der Waals surface area contributed by atoms with Crippen LogP contribution in [0.25, 0.3) is 0 Å². The lowest BCUT2D eigenvalue weighted by atomic mass is 9.99. The van der Waals surface area contributed by atoms with Gasteiger partial charge in [-0.3, -0.25) is 9.52 Å². The Morgan fingerprint density at radius 3 is 2.38 bits per heavy atom. The summed E-state index contributed by atoms with van der Waals surface area (Å²) in [5.74, 6) is -0.265. The van der Waals surface area contributed by atoms with Crippen molar-refractivity contribution in [3.8, 4) is 0 Å². The summed E-state index contributed by atoms with van der Waals surface area (Å²) in [5.41, 5.74) is 4.64. The van der Waals surface area contributed by atoms with Gasteiger partial charge in [0.25, 0.3) is 15.9 Å². The molecule has 0 fully saturated rings. The van der Waals surface area contributed by atoms with Gasteiger partial charge in [-0.15, -0.1) is 0 Å². The van der Waals surface area contributed by atoms with Crippen LogP contribution in [0.5, 0.6) is 0 Å². The first-order valence-corrected chi connectivity index (χ1v) is 11.4. The highest BCUT2D eigenvalue weighted by Gasteiger charge is 2.20. The van der Waals surface area contributed by atoms with Crippen molar-refractivity contribution in [3.05, 3.63) is 70.3 Å². The van der Waals surface area contributed by atoms with Crippen LogP contribution in [-0.2, 0) is 10.0 Å². The van der Waals surface area contributed by atoms with Gasteiger partial charge >= 0.3 is 0 Å². The molecule has 0 radical (unpaired) electrons. The summed E-state index contributed by atoms with van der Waals surface area (Å²) in [5, 5.41) is 2.91. The van der Waals surface area contributed by atoms with E-state index in [2.05, 4.69) is 16.1 Å². The third kappa shape index (κ3) is 5.48. The van der Waals surface area contributed by atoms with E-state index < -0.39 is 10.0 Å². The van der Waals surface area contributed by atoms with Crippen LogP contribution in [0.3, 0.4) is 0 Å². The van der Waals surface area contributed by atoms with Crippen LogP contribution in [0.15, 0.2) is 52.9 Å². The second-order valence-corrected chi connectivity index (χ2v) is 9.40. The molecule has 3 rings (SSSR count). The zero-order valence-corrected chi connectivity index (χ0v) is 18.0. The van der Waals surface area contributed by atoms with Crippen LogP contribution < -0.4 is 10.0 Å². The number of rotatable bonds is 6. The van der Waals surface area contributed by atoms with Gasteiger partial charge in [-0.2, -0.15) is 0 Å². The smallest absolute Gasteiger partial charge is 0.262 e. The topological polar surface area (TPSA) is 75.3 Å². The van der Waals surface area contributed by atoms with Gasteiger partial charge in [0.15, 0.2) is 0 Å². The zero-order chi connectivity index (χ0) is 21.0. The molecule has 1 aliphatic carbocycles. The van der Waals surface area contributed by atoms with E-state index in [1.165, 1.54) is 18.1 Å². The molecule has 0 bridgehead atoms. The lowest BCUT2D eigenvalue weighted by Crippen LogP contribution is -2.26. The number of carbonyl (C=O) groups is 1. The summed E-state index contributed by atoms with van der Waals surface area (Å²) >= 11 is 0. The lowest BCUT2D eigenvalue weighted by Gasteiger charge is -2.15. The summed E-state index contributed by atoms with van der Waals surface area (Å²) < 4.78 is 28.6. The van der Waals surface area contributed by atoms with Crippen LogP contribution >= 0.6 is 0 Å². The molecule has 0 unspecified atom stereocenters. The van der Waals surface area contributed by atoms with Crippen molar-refractivity contribution in [1.29, 1.82) is 0 Å². The van der Waals surface area contributed by atoms with Gasteiger partial charge in [0, 0.05) is 17.8 Å². The number of allylic oxidation sites excluding steroid dienone is 1. The molecule has 2 N–H and O–H groups in total. The fourth-order valence-electron chi connectivity index (χ4n) is 3.64. The molecular weight excluding hydrogens is 384 g/mol. The molecule has 2 aromatic carbocycles. The highest BCUT2D eigenvalue weighted by Crippen LogP contribution is 2.23. The summed E-state index contributed by atoms with van der Waals surface area (Å²) in [6.07, 6.45) is 6.60. The van der Waals surface area contributed by atoms with Crippen LogP contribution in [0, 0.1) is 20.8 Å². The number of anilines is 1. The summed E-state index contributed by atoms with van der Waals surface area (Å²) in [6.45, 7) is 6.08. The van der Waals surface area contributed by atoms with Crippen molar-refractivity contribution < 1.29 is 13.2 Å². The summed E-state index contributed by atoms with van der Waals surface area (Å²) in [6, 6.07) is 10.3. The van der Waals surface area contributed by atoms with E-state index in [4.69, 9.17) is 0 Å². The first-order chi connectivity index (χ1) is 13.7. The van der Waals surface area contributed by atoms with Crippen LogP contribution in [-0.4, -0.2) is 20.9 Å². The number of nitrogens with one attached hydrogen (secondary N) is 2. The maximum Gasteiger partial charge on any atom is 0.262 e. The van der Waals surface area contributed by atoms with Crippen molar-refractivity contribution in [2.24, 2.45) is 0 Å². The minimum atomic E-state index is -3.81. The van der Waals surface area contributed by atoms with Crippen molar-refractivity contribution in [1.82, 2.24) is 5.32 Å². The molecule has 2 aromatic rings. The molecule has 5 nitrogen and oxygen atoms in total. The largest absolute Gasteiger partial charge is 0.348 e. The van der Waals surface area contributed by atoms with E-state index in [9.17, 15) is 13.2 Å². The van der Waals surface area contributed by atoms with E-state index in [-0.39, 0.29) is 10.8 Å². The second kappa shape index (κ2) is 8.82. The number of amides is 1. The Morgan fingerprint density at radius 2 is 1.72 bits per heavy atom. The van der Waals surface area contributed by atoms with Crippen LogP contribution in [0.2, 0.25) is 0 Å². The average Bonchev–Trinajstić information content (AvgIpc) is 2.66. The quantitative estimate of drug-likeness (QED) is 0.679. The Morgan fingerprint density at radius 1 is 1.00 bits per heavy atom. The Hall–Kier alpha value is -2.60. The van der Waals surface area contributed by atoms with Gasteiger partial charge in [-0.05, 0) is 87.4 Å². The van der Waals surface area contributed by atoms with Crippen molar-refractivity contribution in [2.45, 2.75) is 51.3 Å². The molecule has 0 aliphatic heterocycles. The standard InChI is InChI=1S/C23H28N2O3S/c1-16-11-17(2)13-21(12-16)25-29(27,28)22-14-20(10-9-18(22)3)23(26)24-15-19-7-5-4-6-8-19/h7,9-14,25H,4-6,8,15H2,1-3H3,(H,24,26). The Labute approximate surface area is 173 Å². The second-order valence-electron chi connectivity index (χ2n) is 7.75. The highest BCUT2D eigenvalue weighted by molar-refractivity contribution is 7.92. The van der Waals surface area contributed by atoms with E-state index >= 15 is 0 Å². The maximum absolute atomic E-state index is 13.0. The summed E-state index contributed by atoms with van der Waals surface area (Å²) in [7, 11) is -3.81. The monoisotopic (exact) mass is 412 g/mol. The molecule has 0 atom stereocenters. The molecule has 6 heteroatoms. The highest BCUT2D eigenvalue weighted by atomic mass is 32.2. The fraction of sp³-hybridized carbons (Fsp3) is 0.348. The van der Waals surface area contributed by atoms with Crippen LogP contribution in [0.4, 0.5) is 5.69 Å². The third-order valence-electron chi connectivity index (χ3n) is 5.07. The first kappa shape index (κ1) is 21.1. The zero-order valence-electron chi connectivity index (χ0n) is 17.2. The molecule has 0 saturated carbocycles. The number of carbonyl (C=O) groups excluding carboxylic acids is 1. The van der Waals surface area contributed by atoms with Crippen molar-refractivity contribution in [2.75, 3.05) is 11.3 Å². The Balaban J connectivity index is 1.80. The first-order valence-electron chi connectivity index (χ1n) is 9.92. The van der Waals surface area contributed by atoms with Gasteiger partial charge in [0.2, 0.25) is 0 Å². The average molecular weight is 413 g/mol. The number of hydrogen-bond donors (Lipinski definition) is 2. The van der Waals surface area contributed by atoms with Gasteiger partial charge in [0.05, 0.1) is 4.90 Å². The van der Waals surface area contributed by atoms with Crippen molar-refractivity contribution >= 4 is 21.6 Å². The fourth-order valence-corrected chi connectivity index (χ4v) is 4.95. The number of sulfonamides is 1. The molecule has 1 aliphatic rings. The maximum atomic E-state index is 13.0. The molecule has 0 aromatic heterocycles. The number of hydrogen-bond acceptors (Lipinski definition) is 3. The van der Waals surface area contributed by atoms with Gasteiger partial charge < -0.3 is 5.32 Å². The molecule has 29 heavy (non-hydrogen) atoms. The van der Waals surface area contributed by atoms with Crippen LogP contribution in [0.1, 0.15) is 52.7 Å². The molecular formula is C23H28N2O3S. The Bertz CT molecular complexity index is 1040. The van der Waals surface area contributed by atoms with E-state index in [1.807, 2.05) is 19.9 Å². The Kier molecular flexibility index (Phi) is 6.42. The molecule has 1 amide bonds. The minimum Gasteiger partial charge on any atom is -0.348 e.